The topological polar surface area (TPSA) is 86.8 Å². The number of nitrogens with zero attached hydrogens (tertiary/aromatic N) is 2. The molecule has 1 atom stereocenters. The van der Waals surface area contributed by atoms with Crippen LogP contribution in [0.2, 0.25) is 5.02 Å². The van der Waals surface area contributed by atoms with Gasteiger partial charge in [0.2, 0.25) is 11.8 Å². The van der Waals surface area contributed by atoms with Gasteiger partial charge in [-0.15, -0.1) is 0 Å². The minimum atomic E-state index is -4.15. The molecule has 0 saturated carbocycles. The first kappa shape index (κ1) is 31.2. The number of benzene rings is 3. The highest BCUT2D eigenvalue weighted by atomic mass is 35.5. The Bertz CT molecular complexity index is 1410. The number of hydrogen-bond acceptors (Lipinski definition) is 4. The van der Waals surface area contributed by atoms with Gasteiger partial charge in [0, 0.05) is 17.6 Å². The summed E-state index contributed by atoms with van der Waals surface area (Å²) in [6, 6.07) is 20.2. The van der Waals surface area contributed by atoms with E-state index in [2.05, 4.69) is 5.32 Å². The summed E-state index contributed by atoms with van der Waals surface area (Å²) in [5, 5.41) is 3.26. The van der Waals surface area contributed by atoms with Crippen LogP contribution in [0, 0.1) is 13.8 Å². The molecule has 0 heterocycles. The van der Waals surface area contributed by atoms with E-state index in [0.29, 0.717) is 29.1 Å². The minimum absolute atomic E-state index is 0.0608. The Hall–Kier alpha value is -3.36. The lowest BCUT2D eigenvalue weighted by molar-refractivity contribution is -0.139. The molecule has 0 radical (unpaired) electrons. The summed E-state index contributed by atoms with van der Waals surface area (Å²) in [4.78, 5) is 28.8. The van der Waals surface area contributed by atoms with E-state index in [9.17, 15) is 18.0 Å². The summed E-state index contributed by atoms with van der Waals surface area (Å²) in [6.45, 7) is 8.96. The average molecular weight is 584 g/mol. The number of carbonyl (C=O) groups excluding carboxylic acids is 2. The van der Waals surface area contributed by atoms with Gasteiger partial charge >= 0.3 is 0 Å². The van der Waals surface area contributed by atoms with Gasteiger partial charge < -0.3 is 10.2 Å². The number of halogens is 1. The monoisotopic (exact) mass is 583 g/mol. The van der Waals surface area contributed by atoms with Crippen LogP contribution in [0.15, 0.2) is 77.7 Å². The molecule has 0 aliphatic heterocycles. The van der Waals surface area contributed by atoms with E-state index >= 15 is 0 Å². The third-order valence-electron chi connectivity index (χ3n) is 6.63. The van der Waals surface area contributed by atoms with Crippen molar-refractivity contribution in [2.45, 2.75) is 64.4 Å². The van der Waals surface area contributed by atoms with Crippen molar-refractivity contribution in [3.8, 4) is 0 Å². The molecule has 3 aromatic carbocycles. The zero-order chi connectivity index (χ0) is 29.4. The van der Waals surface area contributed by atoms with Gasteiger partial charge in [-0.25, -0.2) is 8.42 Å². The molecule has 214 valence electrons. The molecule has 3 aromatic rings. The fourth-order valence-electron chi connectivity index (χ4n) is 4.48. The average Bonchev–Trinajstić information content (AvgIpc) is 2.91. The molecule has 9 heteroatoms. The normalized spacial score (nSPS) is 12.2. The second-order valence-electron chi connectivity index (χ2n) is 10.2. The van der Waals surface area contributed by atoms with E-state index in [4.69, 9.17) is 11.6 Å². The van der Waals surface area contributed by atoms with Crippen LogP contribution in [0.4, 0.5) is 5.69 Å². The van der Waals surface area contributed by atoms with E-state index in [1.807, 2.05) is 58.0 Å². The van der Waals surface area contributed by atoms with Gasteiger partial charge in [-0.2, -0.15) is 0 Å². The van der Waals surface area contributed by atoms with E-state index in [0.717, 1.165) is 15.4 Å². The number of carbonyl (C=O) groups is 2. The lowest BCUT2D eigenvalue weighted by atomic mass is 10.1. The SMILES string of the molecule is CCC(C(=O)NC(C)C)N(CCc1ccccc1)C(=O)CN(c1cc(Cl)ccc1C)S(=O)(=O)c1ccc(C)cc1. The van der Waals surface area contributed by atoms with Crippen LogP contribution in [0.3, 0.4) is 0 Å². The van der Waals surface area contributed by atoms with Gasteiger partial charge in [0.25, 0.3) is 10.0 Å². The number of amides is 2. The van der Waals surface area contributed by atoms with Gasteiger partial charge in [-0.05, 0) is 75.9 Å². The van der Waals surface area contributed by atoms with Crippen LogP contribution < -0.4 is 9.62 Å². The van der Waals surface area contributed by atoms with E-state index < -0.39 is 28.5 Å². The molecule has 0 bridgehead atoms. The van der Waals surface area contributed by atoms with Crippen LogP contribution >= 0.6 is 11.6 Å². The van der Waals surface area contributed by atoms with Crippen molar-refractivity contribution in [1.29, 1.82) is 0 Å². The van der Waals surface area contributed by atoms with Crippen molar-refractivity contribution in [3.05, 3.63) is 94.5 Å². The molecule has 7 nitrogen and oxygen atoms in total. The van der Waals surface area contributed by atoms with Crippen molar-refractivity contribution in [1.82, 2.24) is 10.2 Å². The van der Waals surface area contributed by atoms with E-state index in [1.165, 1.54) is 17.0 Å². The largest absolute Gasteiger partial charge is 0.352 e. The maximum Gasteiger partial charge on any atom is 0.264 e. The van der Waals surface area contributed by atoms with Crippen molar-refractivity contribution in [3.63, 3.8) is 0 Å². The second-order valence-corrected chi connectivity index (χ2v) is 12.5. The number of sulfonamides is 1. The van der Waals surface area contributed by atoms with Crippen molar-refractivity contribution < 1.29 is 18.0 Å². The summed E-state index contributed by atoms with van der Waals surface area (Å²) >= 11 is 6.29. The molecule has 0 fully saturated rings. The lowest BCUT2D eigenvalue weighted by Gasteiger charge is -2.34. The van der Waals surface area contributed by atoms with Crippen LogP contribution in [0.25, 0.3) is 0 Å². The minimum Gasteiger partial charge on any atom is -0.352 e. The standard InChI is InChI=1S/C31H38ClN3O4S/c1-6-28(31(37)33-22(2)3)34(19-18-25-10-8-7-9-11-25)30(36)21-35(29-20-26(32)15-14-24(29)5)40(38,39)27-16-12-23(4)13-17-27/h7-17,20,22,28H,6,18-19,21H2,1-5H3,(H,33,37). The molecule has 0 spiro atoms. The molecule has 0 saturated heterocycles. The molecule has 0 aliphatic carbocycles. The van der Waals surface area contributed by atoms with E-state index in [-0.39, 0.29) is 23.4 Å². The fraction of sp³-hybridized carbons (Fsp3) is 0.355. The first-order valence-electron chi connectivity index (χ1n) is 13.4. The lowest BCUT2D eigenvalue weighted by Crippen LogP contribution is -2.54. The first-order valence-corrected chi connectivity index (χ1v) is 15.2. The van der Waals surface area contributed by atoms with Crippen molar-refractivity contribution in [2.24, 2.45) is 0 Å². The van der Waals surface area contributed by atoms with Crippen LogP contribution in [0.1, 0.15) is 43.9 Å². The number of rotatable bonds is 12. The number of anilines is 1. The maximum absolute atomic E-state index is 14.1. The van der Waals surface area contributed by atoms with Crippen molar-refractivity contribution >= 4 is 39.1 Å². The zero-order valence-corrected chi connectivity index (χ0v) is 25.3. The third kappa shape index (κ3) is 7.86. The quantitative estimate of drug-likeness (QED) is 0.304. The maximum atomic E-state index is 14.1. The molecule has 1 N–H and O–H groups in total. The molecule has 0 aliphatic rings. The van der Waals surface area contributed by atoms with Gasteiger partial charge in [-0.3, -0.25) is 13.9 Å². The van der Waals surface area contributed by atoms with Gasteiger partial charge in [0.1, 0.15) is 12.6 Å². The Kier molecular flexibility index (Phi) is 10.8. The Morgan fingerprint density at radius 3 is 2.20 bits per heavy atom. The zero-order valence-electron chi connectivity index (χ0n) is 23.7. The Morgan fingerprint density at radius 2 is 1.60 bits per heavy atom. The summed E-state index contributed by atoms with van der Waals surface area (Å²) in [5.41, 5.74) is 2.88. The molecule has 1 unspecified atom stereocenters. The van der Waals surface area contributed by atoms with Crippen LogP contribution in [-0.2, 0) is 26.0 Å². The predicted molar refractivity (Wildman–Crippen MR) is 161 cm³/mol. The molecular weight excluding hydrogens is 546 g/mol. The fourth-order valence-corrected chi connectivity index (χ4v) is 6.12. The highest BCUT2D eigenvalue weighted by molar-refractivity contribution is 7.92. The summed E-state index contributed by atoms with van der Waals surface area (Å²) in [7, 11) is -4.15. The predicted octanol–water partition coefficient (Wildman–Crippen LogP) is 5.53. The number of hydrogen-bond donors (Lipinski definition) is 1. The molecule has 2 amide bonds. The highest BCUT2D eigenvalue weighted by Gasteiger charge is 2.34. The Morgan fingerprint density at radius 1 is 0.950 bits per heavy atom. The van der Waals surface area contributed by atoms with Gasteiger partial charge in [0.05, 0.1) is 10.6 Å². The van der Waals surface area contributed by atoms with Crippen LogP contribution in [0.5, 0.6) is 0 Å². The molecule has 0 aromatic heterocycles. The van der Waals surface area contributed by atoms with Gasteiger partial charge in [0.15, 0.2) is 0 Å². The summed E-state index contributed by atoms with van der Waals surface area (Å²) in [6.07, 6.45) is 0.888. The second kappa shape index (κ2) is 13.8. The summed E-state index contributed by atoms with van der Waals surface area (Å²) < 4.78 is 29.1. The molecule has 3 rings (SSSR count). The summed E-state index contributed by atoms with van der Waals surface area (Å²) in [5.74, 6) is -0.748. The van der Waals surface area contributed by atoms with Crippen LogP contribution in [-0.4, -0.2) is 50.3 Å². The Labute approximate surface area is 243 Å². The van der Waals surface area contributed by atoms with Crippen molar-refractivity contribution in [2.75, 3.05) is 17.4 Å². The van der Waals surface area contributed by atoms with E-state index in [1.54, 1.807) is 37.3 Å². The Balaban J connectivity index is 2.05. The molecule has 40 heavy (non-hydrogen) atoms. The van der Waals surface area contributed by atoms with Gasteiger partial charge in [-0.1, -0.05) is 72.6 Å². The third-order valence-corrected chi connectivity index (χ3v) is 8.64. The first-order chi connectivity index (χ1) is 18.9. The molecular formula is C31H38ClN3O4S. The smallest absolute Gasteiger partial charge is 0.264 e. The number of nitrogens with one attached hydrogen (secondary N) is 1. The highest BCUT2D eigenvalue weighted by Crippen LogP contribution is 2.30. The number of aryl methyl sites for hydroxylation is 2.